The Balaban J connectivity index is 0.00000225. The highest BCUT2D eigenvalue weighted by molar-refractivity contribution is 5.85. The van der Waals surface area contributed by atoms with Crippen molar-refractivity contribution in [3.05, 3.63) is 0 Å². The number of nitrogens with one attached hydrogen (secondary N) is 1. The average molecular weight is 249 g/mol. The highest BCUT2D eigenvalue weighted by Crippen LogP contribution is 2.28. The first-order valence-corrected chi connectivity index (χ1v) is 6.01. The van der Waals surface area contributed by atoms with Crippen LogP contribution in [0.3, 0.4) is 0 Å². The number of carbonyl (C=O) groups excluding carboxylic acids is 1. The van der Waals surface area contributed by atoms with E-state index in [1.807, 2.05) is 14.0 Å². The molecule has 0 aromatic carbocycles. The van der Waals surface area contributed by atoms with Gasteiger partial charge in [0.25, 0.3) is 0 Å². The van der Waals surface area contributed by atoms with Gasteiger partial charge in [0.15, 0.2) is 0 Å². The van der Waals surface area contributed by atoms with Crippen LogP contribution in [0.15, 0.2) is 0 Å². The van der Waals surface area contributed by atoms with E-state index in [-0.39, 0.29) is 18.3 Å². The van der Waals surface area contributed by atoms with Gasteiger partial charge in [-0.2, -0.15) is 0 Å². The molecular weight excluding hydrogens is 224 g/mol. The van der Waals surface area contributed by atoms with Gasteiger partial charge in [0.1, 0.15) is 0 Å². The summed E-state index contributed by atoms with van der Waals surface area (Å²) in [7, 11) is 1.90. The zero-order valence-corrected chi connectivity index (χ0v) is 11.6. The van der Waals surface area contributed by atoms with Gasteiger partial charge in [0.05, 0.1) is 0 Å². The third-order valence-corrected chi connectivity index (χ3v) is 2.76. The van der Waals surface area contributed by atoms with Crippen molar-refractivity contribution in [2.24, 2.45) is 11.8 Å². The molecule has 3 nitrogen and oxygen atoms in total. The maximum absolute atomic E-state index is 12.1. The number of rotatable bonds is 6. The van der Waals surface area contributed by atoms with Gasteiger partial charge in [-0.15, -0.1) is 12.4 Å². The van der Waals surface area contributed by atoms with E-state index in [0.29, 0.717) is 17.9 Å². The Kier molecular flexibility index (Phi) is 7.00. The fourth-order valence-electron chi connectivity index (χ4n) is 1.88. The summed E-state index contributed by atoms with van der Waals surface area (Å²) in [6.45, 7) is 8.04. The lowest BCUT2D eigenvalue weighted by atomic mass is 10.1. The van der Waals surface area contributed by atoms with Crippen molar-refractivity contribution in [1.29, 1.82) is 0 Å². The van der Waals surface area contributed by atoms with Gasteiger partial charge in [0.2, 0.25) is 5.91 Å². The summed E-state index contributed by atoms with van der Waals surface area (Å²) in [6, 6.07) is 0.541. The Morgan fingerprint density at radius 2 is 1.94 bits per heavy atom. The summed E-state index contributed by atoms with van der Waals surface area (Å²) in [5, 5.41) is 3.07. The molecule has 16 heavy (non-hydrogen) atoms. The van der Waals surface area contributed by atoms with Crippen molar-refractivity contribution in [3.63, 3.8) is 0 Å². The summed E-state index contributed by atoms with van der Waals surface area (Å²) >= 11 is 0. The molecule has 1 atom stereocenters. The second kappa shape index (κ2) is 7.13. The standard InChI is InChI=1S/C12H24N2O.ClH/c1-9(2)8-14(11-5-6-11)12(15)10(3)7-13-4;/h9-11,13H,5-8H2,1-4H3;1H. The predicted molar refractivity (Wildman–Crippen MR) is 69.9 cm³/mol. The lowest BCUT2D eigenvalue weighted by molar-refractivity contribution is -0.136. The Bertz CT molecular complexity index is 217. The van der Waals surface area contributed by atoms with Crippen LogP contribution in [-0.2, 0) is 4.79 Å². The molecule has 0 heterocycles. The van der Waals surface area contributed by atoms with E-state index < -0.39 is 0 Å². The summed E-state index contributed by atoms with van der Waals surface area (Å²) in [5.41, 5.74) is 0. The van der Waals surface area contributed by atoms with Crippen molar-refractivity contribution in [1.82, 2.24) is 10.2 Å². The van der Waals surface area contributed by atoms with Crippen molar-refractivity contribution in [3.8, 4) is 0 Å². The molecule has 0 radical (unpaired) electrons. The van der Waals surface area contributed by atoms with Crippen LogP contribution in [0.1, 0.15) is 33.6 Å². The van der Waals surface area contributed by atoms with Gasteiger partial charge in [-0.05, 0) is 25.8 Å². The van der Waals surface area contributed by atoms with Crippen LogP contribution >= 0.6 is 12.4 Å². The molecule has 0 aliphatic heterocycles. The van der Waals surface area contributed by atoms with Crippen LogP contribution in [0.25, 0.3) is 0 Å². The van der Waals surface area contributed by atoms with Gasteiger partial charge in [-0.1, -0.05) is 20.8 Å². The third-order valence-electron chi connectivity index (χ3n) is 2.76. The Labute approximate surface area is 105 Å². The maximum atomic E-state index is 12.1. The van der Waals surface area contributed by atoms with E-state index in [1.165, 1.54) is 12.8 Å². The number of hydrogen-bond donors (Lipinski definition) is 1. The molecule has 0 saturated heterocycles. The van der Waals surface area contributed by atoms with Crippen molar-refractivity contribution in [2.45, 2.75) is 39.7 Å². The smallest absolute Gasteiger partial charge is 0.226 e. The summed E-state index contributed by atoms with van der Waals surface area (Å²) in [5.74, 6) is 0.992. The molecule has 4 heteroatoms. The zero-order valence-electron chi connectivity index (χ0n) is 10.8. The summed E-state index contributed by atoms with van der Waals surface area (Å²) < 4.78 is 0. The van der Waals surface area contributed by atoms with Gasteiger partial charge in [0, 0.05) is 25.0 Å². The molecule has 0 aromatic heterocycles. The number of halogens is 1. The molecule has 1 unspecified atom stereocenters. The van der Waals surface area contributed by atoms with E-state index >= 15 is 0 Å². The van der Waals surface area contributed by atoms with E-state index in [1.54, 1.807) is 0 Å². The fourth-order valence-corrected chi connectivity index (χ4v) is 1.88. The van der Waals surface area contributed by atoms with E-state index in [4.69, 9.17) is 0 Å². The van der Waals surface area contributed by atoms with E-state index in [0.717, 1.165) is 13.1 Å². The molecule has 1 aliphatic rings. The Hall–Kier alpha value is -0.280. The predicted octanol–water partition coefficient (Wildman–Crippen LogP) is 1.91. The average Bonchev–Trinajstić information content (AvgIpc) is 2.96. The summed E-state index contributed by atoms with van der Waals surface area (Å²) in [6.07, 6.45) is 2.40. The number of nitrogens with zero attached hydrogens (tertiary/aromatic N) is 1. The highest BCUT2D eigenvalue weighted by atomic mass is 35.5. The minimum atomic E-state index is 0. The molecule has 0 spiro atoms. The summed E-state index contributed by atoms with van der Waals surface area (Å²) in [4.78, 5) is 14.2. The van der Waals surface area contributed by atoms with Crippen LogP contribution < -0.4 is 5.32 Å². The quantitative estimate of drug-likeness (QED) is 0.779. The van der Waals surface area contributed by atoms with Crippen molar-refractivity contribution >= 4 is 18.3 Å². The van der Waals surface area contributed by atoms with Crippen LogP contribution in [0, 0.1) is 11.8 Å². The largest absolute Gasteiger partial charge is 0.339 e. The lowest BCUT2D eigenvalue weighted by Gasteiger charge is -2.27. The molecule has 1 aliphatic carbocycles. The van der Waals surface area contributed by atoms with Crippen molar-refractivity contribution < 1.29 is 4.79 Å². The topological polar surface area (TPSA) is 32.3 Å². The first kappa shape index (κ1) is 15.7. The van der Waals surface area contributed by atoms with Gasteiger partial charge in [-0.3, -0.25) is 4.79 Å². The van der Waals surface area contributed by atoms with Gasteiger partial charge in [-0.25, -0.2) is 0 Å². The zero-order chi connectivity index (χ0) is 11.4. The van der Waals surface area contributed by atoms with Crippen LogP contribution in [0.2, 0.25) is 0 Å². The van der Waals surface area contributed by atoms with Gasteiger partial charge < -0.3 is 10.2 Å². The SMILES string of the molecule is CNCC(C)C(=O)N(CC(C)C)C1CC1.Cl. The molecule has 1 amide bonds. The first-order valence-electron chi connectivity index (χ1n) is 6.01. The van der Waals surface area contributed by atoms with Gasteiger partial charge >= 0.3 is 0 Å². The molecule has 1 fully saturated rings. The molecule has 0 aromatic rings. The monoisotopic (exact) mass is 248 g/mol. The number of carbonyl (C=O) groups is 1. The first-order chi connectivity index (χ1) is 7.06. The Morgan fingerprint density at radius 3 is 2.31 bits per heavy atom. The minimum Gasteiger partial charge on any atom is -0.339 e. The molecule has 96 valence electrons. The van der Waals surface area contributed by atoms with E-state index in [2.05, 4.69) is 24.1 Å². The molecule has 1 saturated carbocycles. The van der Waals surface area contributed by atoms with Crippen LogP contribution in [-0.4, -0.2) is 37.0 Å². The van der Waals surface area contributed by atoms with Crippen LogP contribution in [0.4, 0.5) is 0 Å². The maximum Gasteiger partial charge on any atom is 0.226 e. The second-order valence-electron chi connectivity index (χ2n) is 5.07. The molecule has 0 bridgehead atoms. The second-order valence-corrected chi connectivity index (χ2v) is 5.07. The Morgan fingerprint density at radius 1 is 1.38 bits per heavy atom. The fraction of sp³-hybridized carbons (Fsp3) is 0.917. The van der Waals surface area contributed by atoms with Crippen molar-refractivity contribution in [2.75, 3.05) is 20.1 Å². The molecule has 1 rings (SSSR count). The highest BCUT2D eigenvalue weighted by Gasteiger charge is 2.34. The third kappa shape index (κ3) is 4.71. The normalized spacial score (nSPS) is 16.8. The van der Waals surface area contributed by atoms with Crippen LogP contribution in [0.5, 0.6) is 0 Å². The molecular formula is C12H25ClN2O. The minimum absolute atomic E-state index is 0. The molecule has 1 N–H and O–H groups in total. The number of amides is 1. The van der Waals surface area contributed by atoms with E-state index in [9.17, 15) is 4.79 Å². The lowest BCUT2D eigenvalue weighted by Crippen LogP contribution is -2.41. The number of hydrogen-bond acceptors (Lipinski definition) is 2.